The summed E-state index contributed by atoms with van der Waals surface area (Å²) in [6.45, 7) is 4.86. The van der Waals surface area contributed by atoms with Gasteiger partial charge in [-0.1, -0.05) is 25.4 Å². The Morgan fingerprint density at radius 3 is 2.54 bits per heavy atom. The van der Waals surface area contributed by atoms with Crippen LogP contribution in [0.2, 0.25) is 5.02 Å². The number of nitrogens with zero attached hydrogens (tertiary/aromatic N) is 1. The van der Waals surface area contributed by atoms with Crippen molar-refractivity contribution in [3.63, 3.8) is 0 Å². The van der Waals surface area contributed by atoms with E-state index in [0.717, 1.165) is 0 Å². The van der Waals surface area contributed by atoms with E-state index in [2.05, 4.69) is 5.32 Å². The van der Waals surface area contributed by atoms with Crippen LogP contribution in [0.3, 0.4) is 0 Å². The zero-order chi connectivity index (χ0) is 17.9. The van der Waals surface area contributed by atoms with Crippen molar-refractivity contribution in [2.75, 3.05) is 18.4 Å². The first-order valence-electron chi connectivity index (χ1n) is 8.13. The summed E-state index contributed by atoms with van der Waals surface area (Å²) in [5, 5.41) is 12.9. The average Bonchev–Trinajstić information content (AvgIpc) is 2.56. The van der Waals surface area contributed by atoms with E-state index >= 15 is 0 Å². The summed E-state index contributed by atoms with van der Waals surface area (Å²) in [5.74, 6) is -0.375. The minimum absolute atomic E-state index is 0.0247. The van der Waals surface area contributed by atoms with Gasteiger partial charge < -0.3 is 21.1 Å². The molecular weight excluding hydrogens is 330 g/mol. The zero-order valence-corrected chi connectivity index (χ0v) is 14.7. The molecule has 1 atom stereocenters. The summed E-state index contributed by atoms with van der Waals surface area (Å²) >= 11 is 5.88. The number of rotatable bonds is 4. The Hall–Kier alpha value is -1.79. The van der Waals surface area contributed by atoms with Crippen molar-refractivity contribution in [3.8, 4) is 5.75 Å². The molecule has 2 amide bonds. The van der Waals surface area contributed by atoms with Crippen molar-refractivity contribution >= 4 is 29.1 Å². The van der Waals surface area contributed by atoms with E-state index in [4.69, 9.17) is 17.3 Å². The number of carbonyl (C=O) groups excluding carboxylic acids is 2. The third kappa shape index (κ3) is 4.39. The van der Waals surface area contributed by atoms with Crippen LogP contribution in [0.15, 0.2) is 18.2 Å². The number of hydrogen-bond acceptors (Lipinski definition) is 4. The Labute approximate surface area is 147 Å². The summed E-state index contributed by atoms with van der Waals surface area (Å²) < 4.78 is 0. The molecule has 7 heteroatoms. The minimum atomic E-state index is -0.501. The molecule has 1 aromatic carbocycles. The second-order valence-electron chi connectivity index (χ2n) is 6.52. The molecule has 132 valence electrons. The Morgan fingerprint density at radius 1 is 1.33 bits per heavy atom. The number of nitrogens with one attached hydrogen (secondary N) is 1. The largest absolute Gasteiger partial charge is 0.506 e. The summed E-state index contributed by atoms with van der Waals surface area (Å²) in [6, 6.07) is 4.00. The predicted molar refractivity (Wildman–Crippen MR) is 93.9 cm³/mol. The number of carbonyl (C=O) groups is 2. The summed E-state index contributed by atoms with van der Waals surface area (Å²) in [7, 11) is 0. The van der Waals surface area contributed by atoms with E-state index in [1.807, 2.05) is 13.8 Å². The molecule has 1 saturated heterocycles. The minimum Gasteiger partial charge on any atom is -0.506 e. The molecule has 0 aromatic heterocycles. The number of anilines is 1. The normalized spacial score (nSPS) is 17.0. The van der Waals surface area contributed by atoms with Crippen LogP contribution in [-0.2, 0) is 9.59 Å². The number of phenolic OH excluding ortho intramolecular Hbond substituents is 1. The summed E-state index contributed by atoms with van der Waals surface area (Å²) in [6.07, 6.45) is 1.15. The maximum atomic E-state index is 12.4. The van der Waals surface area contributed by atoms with Gasteiger partial charge in [0.1, 0.15) is 5.75 Å². The highest BCUT2D eigenvalue weighted by Gasteiger charge is 2.30. The molecule has 0 saturated carbocycles. The van der Waals surface area contributed by atoms with Crippen LogP contribution >= 0.6 is 11.6 Å². The van der Waals surface area contributed by atoms with Crippen LogP contribution in [0.5, 0.6) is 5.75 Å². The number of piperidine rings is 1. The van der Waals surface area contributed by atoms with Crippen LogP contribution in [0.1, 0.15) is 26.7 Å². The van der Waals surface area contributed by atoms with Gasteiger partial charge in [0.05, 0.1) is 11.7 Å². The molecule has 0 unspecified atom stereocenters. The third-order valence-corrected chi connectivity index (χ3v) is 4.63. The van der Waals surface area contributed by atoms with Crippen LogP contribution in [0.25, 0.3) is 0 Å². The molecule has 1 aliphatic rings. The molecule has 0 radical (unpaired) electrons. The van der Waals surface area contributed by atoms with Gasteiger partial charge in [-0.05, 0) is 37.0 Å². The Kier molecular flexibility index (Phi) is 6.07. The number of amides is 2. The maximum Gasteiger partial charge on any atom is 0.239 e. The molecule has 6 nitrogen and oxygen atoms in total. The van der Waals surface area contributed by atoms with E-state index in [1.54, 1.807) is 11.0 Å². The molecule has 1 heterocycles. The molecule has 2 rings (SSSR count). The monoisotopic (exact) mass is 353 g/mol. The Morgan fingerprint density at radius 2 is 1.96 bits per heavy atom. The van der Waals surface area contributed by atoms with E-state index in [0.29, 0.717) is 36.6 Å². The smallest absolute Gasteiger partial charge is 0.239 e. The molecule has 0 bridgehead atoms. The van der Waals surface area contributed by atoms with Crippen molar-refractivity contribution in [2.24, 2.45) is 17.6 Å². The van der Waals surface area contributed by atoms with Gasteiger partial charge in [0.25, 0.3) is 0 Å². The number of benzene rings is 1. The lowest BCUT2D eigenvalue weighted by Crippen LogP contribution is -2.50. The first kappa shape index (κ1) is 18.5. The fourth-order valence-electron chi connectivity index (χ4n) is 2.70. The van der Waals surface area contributed by atoms with Crippen LogP contribution in [-0.4, -0.2) is 41.0 Å². The van der Waals surface area contributed by atoms with Crippen molar-refractivity contribution in [2.45, 2.75) is 32.7 Å². The van der Waals surface area contributed by atoms with Crippen molar-refractivity contribution < 1.29 is 14.7 Å². The lowest BCUT2D eigenvalue weighted by Gasteiger charge is -2.33. The van der Waals surface area contributed by atoms with Crippen molar-refractivity contribution in [1.82, 2.24) is 4.90 Å². The second-order valence-corrected chi connectivity index (χ2v) is 6.96. The van der Waals surface area contributed by atoms with Crippen LogP contribution < -0.4 is 11.1 Å². The highest BCUT2D eigenvalue weighted by atomic mass is 35.5. The Balaban J connectivity index is 1.91. The highest BCUT2D eigenvalue weighted by Crippen LogP contribution is 2.28. The number of nitrogens with two attached hydrogens (primary N) is 1. The number of halogens is 1. The maximum absolute atomic E-state index is 12.4. The molecule has 4 N–H and O–H groups in total. The standard InChI is InChI=1S/C17H24ClN3O3/c1-10(2)15(19)17(24)21-7-5-11(6-8-21)16(23)20-13-9-12(18)3-4-14(13)22/h3-4,9-11,15,22H,5-8,19H2,1-2H3,(H,20,23)/t15-/m0/s1. The van der Waals surface area contributed by atoms with E-state index in [9.17, 15) is 14.7 Å². The number of hydrogen-bond donors (Lipinski definition) is 3. The third-order valence-electron chi connectivity index (χ3n) is 4.40. The molecule has 1 aliphatic heterocycles. The van der Waals surface area contributed by atoms with Gasteiger partial charge in [-0.2, -0.15) is 0 Å². The van der Waals surface area contributed by atoms with Gasteiger partial charge in [0, 0.05) is 24.0 Å². The molecule has 24 heavy (non-hydrogen) atoms. The molecule has 1 aromatic rings. The SMILES string of the molecule is CC(C)[C@H](N)C(=O)N1CCC(C(=O)Nc2cc(Cl)ccc2O)CC1. The van der Waals surface area contributed by atoms with E-state index in [-0.39, 0.29) is 29.4 Å². The van der Waals surface area contributed by atoms with Gasteiger partial charge >= 0.3 is 0 Å². The van der Waals surface area contributed by atoms with Gasteiger partial charge in [-0.25, -0.2) is 0 Å². The summed E-state index contributed by atoms with van der Waals surface area (Å²) in [5.41, 5.74) is 6.21. The predicted octanol–water partition coefficient (Wildman–Crippen LogP) is 2.21. The molecular formula is C17H24ClN3O3. The average molecular weight is 354 g/mol. The first-order chi connectivity index (χ1) is 11.3. The van der Waals surface area contributed by atoms with Crippen LogP contribution in [0.4, 0.5) is 5.69 Å². The fraction of sp³-hybridized carbons (Fsp3) is 0.529. The topological polar surface area (TPSA) is 95.7 Å². The van der Waals surface area contributed by atoms with Gasteiger partial charge in [-0.15, -0.1) is 0 Å². The lowest BCUT2D eigenvalue weighted by atomic mass is 9.94. The van der Waals surface area contributed by atoms with E-state index in [1.165, 1.54) is 12.1 Å². The molecule has 0 spiro atoms. The summed E-state index contributed by atoms with van der Waals surface area (Å²) in [4.78, 5) is 26.3. The number of likely N-dealkylation sites (tertiary alicyclic amines) is 1. The second kappa shape index (κ2) is 7.85. The van der Waals surface area contributed by atoms with Gasteiger partial charge in [0.2, 0.25) is 11.8 Å². The number of aromatic hydroxyl groups is 1. The highest BCUT2D eigenvalue weighted by molar-refractivity contribution is 6.31. The van der Waals surface area contributed by atoms with E-state index < -0.39 is 6.04 Å². The zero-order valence-electron chi connectivity index (χ0n) is 14.0. The lowest BCUT2D eigenvalue weighted by molar-refractivity contribution is -0.136. The fourth-order valence-corrected chi connectivity index (χ4v) is 2.87. The van der Waals surface area contributed by atoms with Gasteiger partial charge in [-0.3, -0.25) is 9.59 Å². The van der Waals surface area contributed by atoms with Crippen molar-refractivity contribution in [3.05, 3.63) is 23.2 Å². The number of phenols is 1. The first-order valence-corrected chi connectivity index (χ1v) is 8.51. The van der Waals surface area contributed by atoms with Gasteiger partial charge in [0.15, 0.2) is 0 Å². The quantitative estimate of drug-likeness (QED) is 0.723. The molecule has 1 fully saturated rings. The molecule has 0 aliphatic carbocycles. The Bertz CT molecular complexity index is 613. The van der Waals surface area contributed by atoms with Crippen LogP contribution in [0, 0.1) is 11.8 Å². The van der Waals surface area contributed by atoms with Crippen molar-refractivity contribution in [1.29, 1.82) is 0 Å².